The molecule has 0 N–H and O–H groups in total. The van der Waals surface area contributed by atoms with Gasteiger partial charge in [-0.25, -0.2) is 4.79 Å². The molecule has 0 bridgehead atoms. The highest BCUT2D eigenvalue weighted by Crippen LogP contribution is 2.18. The second kappa shape index (κ2) is 9.33. The molecule has 2 aromatic carbocycles. The quantitative estimate of drug-likeness (QED) is 0.587. The van der Waals surface area contributed by atoms with Crippen LogP contribution in [0.15, 0.2) is 52.1 Å². The van der Waals surface area contributed by atoms with Gasteiger partial charge < -0.3 is 9.80 Å². The summed E-state index contributed by atoms with van der Waals surface area (Å²) in [5.41, 5.74) is 1.40. The van der Waals surface area contributed by atoms with Crippen molar-refractivity contribution in [2.75, 3.05) is 33.2 Å². The Bertz CT molecular complexity index is 1320. The lowest BCUT2D eigenvalue weighted by Crippen LogP contribution is -2.51. The molecule has 172 valence electrons. The van der Waals surface area contributed by atoms with Gasteiger partial charge in [-0.1, -0.05) is 41.9 Å². The van der Waals surface area contributed by atoms with E-state index >= 15 is 0 Å². The highest BCUT2D eigenvalue weighted by molar-refractivity contribution is 6.31. The topological polar surface area (TPSA) is 80.4 Å². The van der Waals surface area contributed by atoms with Crippen molar-refractivity contribution in [1.29, 1.82) is 0 Å². The summed E-state index contributed by atoms with van der Waals surface area (Å²) in [6, 6.07) is 12.6. The molecule has 0 radical (unpaired) electrons. The van der Waals surface area contributed by atoms with Crippen LogP contribution < -0.4 is 11.2 Å². The normalized spacial score (nSPS) is 14.5. The minimum atomic E-state index is -0.693. The predicted molar refractivity (Wildman–Crippen MR) is 128 cm³/mol. The molecular formula is C24H26ClN5O3. The van der Waals surface area contributed by atoms with Crippen LogP contribution in [0, 0.1) is 13.8 Å². The Kier molecular flexibility index (Phi) is 6.49. The van der Waals surface area contributed by atoms with E-state index in [1.807, 2.05) is 45.2 Å². The van der Waals surface area contributed by atoms with Crippen LogP contribution in [0.1, 0.15) is 27.2 Å². The maximum Gasteiger partial charge on any atom is 0.352 e. The Morgan fingerprint density at radius 2 is 1.70 bits per heavy atom. The van der Waals surface area contributed by atoms with Crippen molar-refractivity contribution in [3.8, 4) is 5.69 Å². The number of hydrogen-bond acceptors (Lipinski definition) is 5. The molecule has 33 heavy (non-hydrogen) atoms. The summed E-state index contributed by atoms with van der Waals surface area (Å²) in [5.74, 6) is -0.474. The van der Waals surface area contributed by atoms with Gasteiger partial charge in [0.1, 0.15) is 0 Å². The zero-order valence-corrected chi connectivity index (χ0v) is 19.7. The molecule has 3 aromatic rings. The van der Waals surface area contributed by atoms with Gasteiger partial charge in [-0.2, -0.15) is 9.78 Å². The van der Waals surface area contributed by atoms with Gasteiger partial charge in [0, 0.05) is 31.2 Å². The van der Waals surface area contributed by atoms with Crippen LogP contribution in [0.3, 0.4) is 0 Å². The SMILES string of the molecule is Cc1ccc(-n2nc(C(=O)N3CCN(C)CC3)c(=O)n(Cc3ccccc3C)c2=O)cc1Cl. The van der Waals surface area contributed by atoms with E-state index in [0.717, 1.165) is 25.9 Å². The molecule has 1 aromatic heterocycles. The van der Waals surface area contributed by atoms with Gasteiger partial charge in [-0.3, -0.25) is 14.2 Å². The zero-order chi connectivity index (χ0) is 23.7. The monoisotopic (exact) mass is 467 g/mol. The molecule has 1 aliphatic heterocycles. The van der Waals surface area contributed by atoms with Crippen molar-refractivity contribution in [3.63, 3.8) is 0 Å². The number of rotatable bonds is 4. The second-order valence-electron chi connectivity index (χ2n) is 8.39. The average Bonchev–Trinajstić information content (AvgIpc) is 2.80. The van der Waals surface area contributed by atoms with Gasteiger partial charge in [0.05, 0.1) is 12.2 Å². The van der Waals surface area contributed by atoms with Crippen molar-refractivity contribution in [1.82, 2.24) is 24.1 Å². The number of aryl methyl sites for hydroxylation is 2. The van der Waals surface area contributed by atoms with Crippen LogP contribution in [-0.4, -0.2) is 63.3 Å². The lowest BCUT2D eigenvalue weighted by atomic mass is 10.1. The fourth-order valence-corrected chi connectivity index (χ4v) is 3.96. The van der Waals surface area contributed by atoms with Gasteiger partial charge in [0.25, 0.3) is 11.5 Å². The maximum absolute atomic E-state index is 13.4. The van der Waals surface area contributed by atoms with E-state index in [9.17, 15) is 14.4 Å². The lowest BCUT2D eigenvalue weighted by molar-refractivity contribution is 0.0652. The number of halogens is 1. The number of hydrogen-bond donors (Lipinski definition) is 0. The molecule has 9 heteroatoms. The van der Waals surface area contributed by atoms with E-state index in [1.165, 1.54) is 0 Å². The van der Waals surface area contributed by atoms with Crippen molar-refractivity contribution in [3.05, 3.63) is 90.7 Å². The smallest absolute Gasteiger partial charge is 0.335 e. The van der Waals surface area contributed by atoms with Crippen LogP contribution >= 0.6 is 11.6 Å². The first-order valence-electron chi connectivity index (χ1n) is 10.8. The molecule has 2 heterocycles. The molecule has 0 aliphatic carbocycles. The number of likely N-dealkylation sites (N-methyl/N-ethyl adjacent to an activating group) is 1. The standard InChI is InChI=1S/C24H26ClN5O3/c1-16-6-4-5-7-18(16)15-29-23(32)21(22(31)28-12-10-27(3)11-13-28)26-30(24(29)33)19-9-8-17(2)20(25)14-19/h4-9,14H,10-13,15H2,1-3H3. The Morgan fingerprint density at radius 1 is 1.00 bits per heavy atom. The van der Waals surface area contributed by atoms with E-state index in [0.29, 0.717) is 36.9 Å². The molecule has 4 rings (SSSR count). The molecule has 8 nitrogen and oxygen atoms in total. The number of nitrogens with zero attached hydrogens (tertiary/aromatic N) is 5. The summed E-state index contributed by atoms with van der Waals surface area (Å²) in [6.07, 6.45) is 0. The molecule has 0 unspecified atom stereocenters. The molecule has 0 atom stereocenters. The Morgan fingerprint density at radius 3 is 2.36 bits per heavy atom. The van der Waals surface area contributed by atoms with Crippen LogP contribution in [-0.2, 0) is 6.54 Å². The third kappa shape index (κ3) is 4.62. The number of aromatic nitrogens is 3. The van der Waals surface area contributed by atoms with Crippen LogP contribution in [0.5, 0.6) is 0 Å². The second-order valence-corrected chi connectivity index (χ2v) is 8.80. The van der Waals surface area contributed by atoms with Gasteiger partial charge in [0.15, 0.2) is 0 Å². The van der Waals surface area contributed by atoms with E-state index in [-0.39, 0.29) is 12.2 Å². The molecule has 1 aliphatic rings. The van der Waals surface area contributed by atoms with E-state index in [1.54, 1.807) is 23.1 Å². The predicted octanol–water partition coefficient (Wildman–Crippen LogP) is 2.10. The molecule has 0 spiro atoms. The van der Waals surface area contributed by atoms with Crippen molar-refractivity contribution < 1.29 is 4.79 Å². The summed E-state index contributed by atoms with van der Waals surface area (Å²) in [5, 5.41) is 4.70. The molecule has 0 saturated carbocycles. The first-order valence-corrected chi connectivity index (χ1v) is 11.2. The molecule has 1 fully saturated rings. The fourth-order valence-electron chi connectivity index (χ4n) is 3.79. The third-order valence-corrected chi connectivity index (χ3v) is 6.45. The lowest BCUT2D eigenvalue weighted by Gasteiger charge is -2.32. The van der Waals surface area contributed by atoms with E-state index in [2.05, 4.69) is 10.00 Å². The average molecular weight is 468 g/mol. The summed E-state index contributed by atoms with van der Waals surface area (Å²) >= 11 is 6.28. The number of amides is 1. The largest absolute Gasteiger partial charge is 0.352 e. The highest BCUT2D eigenvalue weighted by Gasteiger charge is 2.27. The van der Waals surface area contributed by atoms with Gasteiger partial charge in [-0.15, -0.1) is 0 Å². The Balaban J connectivity index is 1.88. The summed E-state index contributed by atoms with van der Waals surface area (Å²) in [4.78, 5) is 43.8. The third-order valence-electron chi connectivity index (χ3n) is 6.04. The van der Waals surface area contributed by atoms with Crippen molar-refractivity contribution in [2.45, 2.75) is 20.4 Å². The summed E-state index contributed by atoms with van der Waals surface area (Å²) in [7, 11) is 1.98. The van der Waals surface area contributed by atoms with Crippen LogP contribution in [0.4, 0.5) is 0 Å². The van der Waals surface area contributed by atoms with Gasteiger partial charge in [-0.05, 0) is 49.7 Å². The summed E-state index contributed by atoms with van der Waals surface area (Å²) < 4.78 is 2.17. The minimum Gasteiger partial charge on any atom is -0.335 e. The Labute approximate surface area is 196 Å². The number of piperazine rings is 1. The number of benzene rings is 2. The van der Waals surface area contributed by atoms with E-state index in [4.69, 9.17) is 11.6 Å². The molecular weight excluding hydrogens is 442 g/mol. The molecule has 1 amide bonds. The Hall–Kier alpha value is -3.23. The first kappa shape index (κ1) is 22.9. The number of carbonyl (C=O) groups excluding carboxylic acids is 1. The summed E-state index contributed by atoms with van der Waals surface area (Å²) in [6.45, 7) is 6.19. The van der Waals surface area contributed by atoms with Crippen LogP contribution in [0.25, 0.3) is 5.69 Å². The van der Waals surface area contributed by atoms with Crippen LogP contribution in [0.2, 0.25) is 5.02 Å². The highest BCUT2D eigenvalue weighted by atomic mass is 35.5. The van der Waals surface area contributed by atoms with Crippen molar-refractivity contribution >= 4 is 17.5 Å². The van der Waals surface area contributed by atoms with Gasteiger partial charge in [0.2, 0.25) is 5.69 Å². The van der Waals surface area contributed by atoms with Gasteiger partial charge >= 0.3 is 5.69 Å². The van der Waals surface area contributed by atoms with E-state index < -0.39 is 17.2 Å². The maximum atomic E-state index is 13.4. The minimum absolute atomic E-state index is 0.0372. The fraction of sp³-hybridized carbons (Fsp3) is 0.333. The first-order chi connectivity index (χ1) is 15.8. The van der Waals surface area contributed by atoms with Crippen molar-refractivity contribution in [2.24, 2.45) is 0 Å². The zero-order valence-electron chi connectivity index (χ0n) is 18.9. The number of carbonyl (C=O) groups is 1. The molecule has 1 saturated heterocycles.